The summed E-state index contributed by atoms with van der Waals surface area (Å²) in [6.45, 7) is 6.45. The number of piperidine rings is 1. The van der Waals surface area contributed by atoms with Crippen LogP contribution in [-0.2, 0) is 11.3 Å². The van der Waals surface area contributed by atoms with Crippen LogP contribution in [0.4, 0.5) is 10.1 Å². The molecule has 2 aromatic carbocycles. The summed E-state index contributed by atoms with van der Waals surface area (Å²) in [6.07, 6.45) is 1.69. The van der Waals surface area contributed by atoms with Crippen molar-refractivity contribution < 1.29 is 13.9 Å². The first-order valence-electron chi connectivity index (χ1n) is 9.54. The molecule has 1 fully saturated rings. The zero-order chi connectivity index (χ0) is 19.2. The van der Waals surface area contributed by atoms with E-state index < -0.39 is 0 Å². The van der Waals surface area contributed by atoms with Crippen molar-refractivity contribution in [3.8, 4) is 5.75 Å². The molecule has 1 aliphatic rings. The highest BCUT2D eigenvalue weighted by Gasteiger charge is 2.25. The lowest BCUT2D eigenvalue weighted by molar-refractivity contribution is -0.121. The first-order valence-corrected chi connectivity index (χ1v) is 9.54. The SMILES string of the molecule is CC(C)Oc1ccccc1NC(=O)C1CCN(Cc2ccc(F)cc2)CC1. The molecule has 5 heteroatoms. The minimum atomic E-state index is -0.212. The molecule has 0 aliphatic carbocycles. The molecule has 144 valence electrons. The summed E-state index contributed by atoms with van der Waals surface area (Å²) in [5, 5.41) is 3.03. The number of para-hydroxylation sites is 2. The maximum absolute atomic E-state index is 13.0. The molecule has 2 aromatic rings. The molecule has 0 unspecified atom stereocenters. The van der Waals surface area contributed by atoms with Crippen LogP contribution in [0.3, 0.4) is 0 Å². The zero-order valence-electron chi connectivity index (χ0n) is 16.0. The summed E-state index contributed by atoms with van der Waals surface area (Å²) < 4.78 is 18.8. The summed E-state index contributed by atoms with van der Waals surface area (Å²) in [5.41, 5.74) is 1.82. The fourth-order valence-electron chi connectivity index (χ4n) is 3.36. The van der Waals surface area contributed by atoms with E-state index >= 15 is 0 Å². The number of halogens is 1. The fourth-order valence-corrected chi connectivity index (χ4v) is 3.36. The van der Waals surface area contributed by atoms with Crippen molar-refractivity contribution in [2.24, 2.45) is 5.92 Å². The van der Waals surface area contributed by atoms with Crippen LogP contribution in [0.1, 0.15) is 32.3 Å². The van der Waals surface area contributed by atoms with Crippen molar-refractivity contribution in [3.63, 3.8) is 0 Å². The highest BCUT2D eigenvalue weighted by molar-refractivity contribution is 5.94. The summed E-state index contributed by atoms with van der Waals surface area (Å²) in [6, 6.07) is 14.2. The van der Waals surface area contributed by atoms with Gasteiger partial charge in [0.25, 0.3) is 0 Å². The third-order valence-corrected chi connectivity index (χ3v) is 4.79. The Bertz CT molecular complexity index is 753. The van der Waals surface area contributed by atoms with Gasteiger partial charge >= 0.3 is 0 Å². The standard InChI is InChI=1S/C22H27FN2O2/c1-16(2)27-21-6-4-3-5-20(21)24-22(26)18-11-13-25(14-12-18)15-17-7-9-19(23)10-8-17/h3-10,16,18H,11-15H2,1-2H3,(H,24,26). The minimum absolute atomic E-state index is 0.00146. The number of carbonyl (C=O) groups excluding carboxylic acids is 1. The predicted octanol–water partition coefficient (Wildman–Crippen LogP) is 4.46. The number of likely N-dealkylation sites (tertiary alicyclic amines) is 1. The van der Waals surface area contributed by atoms with Crippen LogP contribution in [0.2, 0.25) is 0 Å². The molecular weight excluding hydrogens is 343 g/mol. The molecule has 0 atom stereocenters. The van der Waals surface area contributed by atoms with E-state index in [2.05, 4.69) is 10.2 Å². The Balaban J connectivity index is 1.52. The molecule has 0 saturated carbocycles. The van der Waals surface area contributed by atoms with E-state index in [0.29, 0.717) is 5.75 Å². The van der Waals surface area contributed by atoms with Crippen LogP contribution in [0, 0.1) is 11.7 Å². The Morgan fingerprint density at radius 1 is 1.15 bits per heavy atom. The molecule has 1 heterocycles. The van der Waals surface area contributed by atoms with Crippen LogP contribution < -0.4 is 10.1 Å². The third kappa shape index (κ3) is 5.54. The van der Waals surface area contributed by atoms with Gasteiger partial charge in [0, 0.05) is 12.5 Å². The highest BCUT2D eigenvalue weighted by Crippen LogP contribution is 2.27. The number of benzene rings is 2. The van der Waals surface area contributed by atoms with Gasteiger partial charge in [0.15, 0.2) is 0 Å². The van der Waals surface area contributed by atoms with E-state index in [4.69, 9.17) is 4.74 Å². The van der Waals surface area contributed by atoms with Crippen molar-refractivity contribution >= 4 is 11.6 Å². The zero-order valence-corrected chi connectivity index (χ0v) is 16.0. The van der Waals surface area contributed by atoms with Gasteiger partial charge in [0.2, 0.25) is 5.91 Å². The monoisotopic (exact) mass is 370 g/mol. The van der Waals surface area contributed by atoms with Gasteiger partial charge in [-0.1, -0.05) is 24.3 Å². The molecule has 0 aromatic heterocycles. The van der Waals surface area contributed by atoms with Crippen LogP contribution in [0.5, 0.6) is 5.75 Å². The maximum atomic E-state index is 13.0. The molecule has 1 N–H and O–H groups in total. The smallest absolute Gasteiger partial charge is 0.227 e. The Morgan fingerprint density at radius 3 is 2.48 bits per heavy atom. The summed E-state index contributed by atoms with van der Waals surface area (Å²) in [5.74, 6) is 0.545. The molecule has 0 spiro atoms. The number of hydrogen-bond acceptors (Lipinski definition) is 3. The average molecular weight is 370 g/mol. The van der Waals surface area contributed by atoms with E-state index in [1.54, 1.807) is 0 Å². The first-order chi connectivity index (χ1) is 13.0. The molecule has 4 nitrogen and oxygen atoms in total. The van der Waals surface area contributed by atoms with Crippen LogP contribution in [-0.4, -0.2) is 30.0 Å². The second kappa shape index (κ2) is 9.00. The molecule has 1 saturated heterocycles. The number of amides is 1. The second-order valence-corrected chi connectivity index (χ2v) is 7.33. The van der Waals surface area contributed by atoms with Gasteiger partial charge in [-0.05, 0) is 69.6 Å². The summed E-state index contributed by atoms with van der Waals surface area (Å²) in [4.78, 5) is 15.0. The van der Waals surface area contributed by atoms with E-state index in [9.17, 15) is 9.18 Å². The lowest BCUT2D eigenvalue weighted by Crippen LogP contribution is -2.37. The van der Waals surface area contributed by atoms with Crippen LogP contribution in [0.15, 0.2) is 48.5 Å². The van der Waals surface area contributed by atoms with Crippen molar-refractivity contribution in [1.29, 1.82) is 0 Å². The van der Waals surface area contributed by atoms with Gasteiger partial charge in [-0.3, -0.25) is 9.69 Å². The van der Waals surface area contributed by atoms with E-state index in [1.807, 2.05) is 50.2 Å². The minimum Gasteiger partial charge on any atom is -0.489 e. The van der Waals surface area contributed by atoms with Crippen molar-refractivity contribution in [2.75, 3.05) is 18.4 Å². The topological polar surface area (TPSA) is 41.6 Å². The van der Waals surface area contributed by atoms with Crippen molar-refractivity contribution in [3.05, 3.63) is 59.9 Å². The number of hydrogen-bond donors (Lipinski definition) is 1. The third-order valence-electron chi connectivity index (χ3n) is 4.79. The number of nitrogens with one attached hydrogen (secondary N) is 1. The molecular formula is C22H27FN2O2. The van der Waals surface area contributed by atoms with Gasteiger partial charge in [0.05, 0.1) is 11.8 Å². The molecule has 1 amide bonds. The Morgan fingerprint density at radius 2 is 1.81 bits per heavy atom. The molecule has 0 bridgehead atoms. The van der Waals surface area contributed by atoms with Gasteiger partial charge in [0.1, 0.15) is 11.6 Å². The highest BCUT2D eigenvalue weighted by atomic mass is 19.1. The lowest BCUT2D eigenvalue weighted by Gasteiger charge is -2.31. The number of carbonyl (C=O) groups is 1. The number of anilines is 1. The number of ether oxygens (including phenoxy) is 1. The predicted molar refractivity (Wildman–Crippen MR) is 105 cm³/mol. The Labute approximate surface area is 160 Å². The number of rotatable bonds is 6. The molecule has 1 aliphatic heterocycles. The quantitative estimate of drug-likeness (QED) is 0.816. The maximum Gasteiger partial charge on any atom is 0.227 e. The summed E-state index contributed by atoms with van der Waals surface area (Å²) >= 11 is 0. The summed E-state index contributed by atoms with van der Waals surface area (Å²) in [7, 11) is 0. The second-order valence-electron chi connectivity index (χ2n) is 7.33. The number of nitrogens with zero attached hydrogens (tertiary/aromatic N) is 1. The van der Waals surface area contributed by atoms with Crippen LogP contribution in [0.25, 0.3) is 0 Å². The van der Waals surface area contributed by atoms with Gasteiger partial charge in [-0.2, -0.15) is 0 Å². The van der Waals surface area contributed by atoms with E-state index in [1.165, 1.54) is 12.1 Å². The average Bonchev–Trinajstić information content (AvgIpc) is 2.65. The van der Waals surface area contributed by atoms with Gasteiger partial charge < -0.3 is 10.1 Å². The van der Waals surface area contributed by atoms with E-state index in [-0.39, 0.29) is 23.7 Å². The molecule has 27 heavy (non-hydrogen) atoms. The van der Waals surface area contributed by atoms with Crippen molar-refractivity contribution in [1.82, 2.24) is 4.90 Å². The van der Waals surface area contributed by atoms with E-state index in [0.717, 1.165) is 43.7 Å². The van der Waals surface area contributed by atoms with Crippen LogP contribution >= 0.6 is 0 Å². The van der Waals surface area contributed by atoms with Crippen molar-refractivity contribution in [2.45, 2.75) is 39.3 Å². The van der Waals surface area contributed by atoms with Gasteiger partial charge in [-0.15, -0.1) is 0 Å². The first kappa shape index (κ1) is 19.4. The molecule has 0 radical (unpaired) electrons. The fraction of sp³-hybridized carbons (Fsp3) is 0.409. The Hall–Kier alpha value is -2.40. The molecule has 3 rings (SSSR count). The lowest BCUT2D eigenvalue weighted by atomic mass is 9.95. The van der Waals surface area contributed by atoms with Gasteiger partial charge in [-0.25, -0.2) is 4.39 Å². The normalized spacial score (nSPS) is 15.7. The largest absolute Gasteiger partial charge is 0.489 e. The Kier molecular flexibility index (Phi) is 6.45.